The van der Waals surface area contributed by atoms with Gasteiger partial charge in [-0.1, -0.05) is 29.8 Å². The first-order valence-corrected chi connectivity index (χ1v) is 10.9. The first kappa shape index (κ1) is 22.2. The molecule has 0 bridgehead atoms. The molecule has 158 valence electrons. The second-order valence-electron chi connectivity index (χ2n) is 7.06. The van der Waals surface area contributed by atoms with Crippen molar-refractivity contribution in [1.29, 1.82) is 0 Å². The van der Waals surface area contributed by atoms with Crippen molar-refractivity contribution in [2.45, 2.75) is 13.8 Å². The van der Waals surface area contributed by atoms with E-state index in [1.165, 1.54) is 18.9 Å². The fourth-order valence-corrected chi connectivity index (χ4v) is 4.30. The van der Waals surface area contributed by atoms with Gasteiger partial charge in [0.2, 0.25) is 0 Å². The number of halogens is 1. The highest BCUT2D eigenvalue weighted by Crippen LogP contribution is 2.38. The lowest BCUT2D eigenvalue weighted by molar-refractivity contribution is -0.122. The number of hydrogen-bond acceptors (Lipinski definition) is 6. The largest absolute Gasteiger partial charge is 0.504 e. The minimum atomic E-state index is -0.0973. The smallest absolute Gasteiger partial charge is 0.266 e. The van der Waals surface area contributed by atoms with E-state index in [2.05, 4.69) is 29.8 Å². The van der Waals surface area contributed by atoms with Crippen molar-refractivity contribution in [3.8, 4) is 17.2 Å². The van der Waals surface area contributed by atoms with Gasteiger partial charge in [-0.05, 0) is 65.7 Å². The number of ether oxygens (including phenoxy) is 2. The van der Waals surface area contributed by atoms with Crippen LogP contribution < -0.4 is 9.47 Å². The fourth-order valence-electron chi connectivity index (χ4n) is 2.86. The molecule has 0 atom stereocenters. The highest BCUT2D eigenvalue weighted by atomic mass is 79.9. The minimum absolute atomic E-state index is 0.0279. The molecule has 30 heavy (non-hydrogen) atoms. The summed E-state index contributed by atoms with van der Waals surface area (Å²) in [5.41, 5.74) is 1.48. The molecule has 1 fully saturated rings. The Morgan fingerprint density at radius 3 is 2.50 bits per heavy atom. The molecule has 0 aromatic heterocycles. The molecule has 0 unspecified atom stereocenters. The van der Waals surface area contributed by atoms with Crippen molar-refractivity contribution in [3.05, 3.63) is 51.3 Å². The van der Waals surface area contributed by atoms with Crippen LogP contribution in [0.4, 0.5) is 5.69 Å². The molecule has 0 radical (unpaired) electrons. The van der Waals surface area contributed by atoms with Crippen LogP contribution in [0.15, 0.2) is 50.8 Å². The Kier molecular flexibility index (Phi) is 7.10. The molecule has 1 aliphatic heterocycles. The van der Waals surface area contributed by atoms with Crippen LogP contribution in [0.1, 0.15) is 19.4 Å². The van der Waals surface area contributed by atoms with Crippen LogP contribution in [0.25, 0.3) is 6.08 Å². The van der Waals surface area contributed by atoms with Crippen LogP contribution >= 0.6 is 27.7 Å². The van der Waals surface area contributed by atoms with Crippen LogP contribution in [0.5, 0.6) is 17.2 Å². The van der Waals surface area contributed by atoms with Crippen molar-refractivity contribution in [3.63, 3.8) is 0 Å². The molecule has 1 heterocycles. The zero-order valence-corrected chi connectivity index (χ0v) is 19.6. The van der Waals surface area contributed by atoms with Gasteiger partial charge in [-0.3, -0.25) is 9.69 Å². The van der Waals surface area contributed by atoms with Gasteiger partial charge in [0.05, 0.1) is 24.8 Å². The number of thioether (sulfide) groups is 1. The number of phenols is 1. The number of hydrogen-bond donors (Lipinski definition) is 1. The molecule has 6 nitrogen and oxygen atoms in total. The summed E-state index contributed by atoms with van der Waals surface area (Å²) >= 11 is 4.77. The monoisotopic (exact) mass is 490 g/mol. The molecule has 3 rings (SSSR count). The van der Waals surface area contributed by atoms with Gasteiger partial charge in [-0.2, -0.15) is 0 Å². The summed E-state index contributed by atoms with van der Waals surface area (Å²) < 4.78 is 11.0. The molecular weight excluding hydrogens is 468 g/mol. The Hall–Kier alpha value is -2.45. The van der Waals surface area contributed by atoms with E-state index in [1.807, 2.05) is 24.3 Å². The van der Waals surface area contributed by atoms with Crippen molar-refractivity contribution in [2.24, 2.45) is 10.9 Å². The first-order valence-electron chi connectivity index (χ1n) is 9.33. The lowest BCUT2D eigenvalue weighted by Crippen LogP contribution is -2.32. The van der Waals surface area contributed by atoms with Gasteiger partial charge in [0, 0.05) is 11.0 Å². The quantitative estimate of drug-likeness (QED) is 0.546. The number of amides is 1. The summed E-state index contributed by atoms with van der Waals surface area (Å²) in [6.45, 7) is 4.69. The predicted octanol–water partition coefficient (Wildman–Crippen LogP) is 5.43. The van der Waals surface area contributed by atoms with Crippen molar-refractivity contribution in [2.75, 3.05) is 20.8 Å². The highest BCUT2D eigenvalue weighted by molar-refractivity contribution is 9.10. The van der Waals surface area contributed by atoms with Crippen molar-refractivity contribution in [1.82, 2.24) is 4.90 Å². The molecule has 0 saturated carbocycles. The lowest BCUT2D eigenvalue weighted by atomic mass is 10.1. The topological polar surface area (TPSA) is 71.4 Å². The average Bonchev–Trinajstić information content (AvgIpc) is 2.99. The number of methoxy groups -OCH3 is 2. The predicted molar refractivity (Wildman–Crippen MR) is 125 cm³/mol. The Morgan fingerprint density at radius 1 is 1.20 bits per heavy atom. The van der Waals surface area contributed by atoms with E-state index in [-0.39, 0.29) is 17.6 Å². The Morgan fingerprint density at radius 2 is 1.90 bits per heavy atom. The van der Waals surface area contributed by atoms with Gasteiger partial charge in [0.25, 0.3) is 5.91 Å². The molecule has 2 aromatic rings. The molecule has 8 heteroatoms. The Labute approximate surface area is 188 Å². The molecule has 1 saturated heterocycles. The SMILES string of the molecule is COc1ccc(N=C2S/C(=C\c3cc(OC)c(O)cc3Br)C(=O)N2CC(C)C)cc1. The maximum atomic E-state index is 13.1. The average molecular weight is 491 g/mol. The van der Waals surface area contributed by atoms with Gasteiger partial charge in [-0.15, -0.1) is 0 Å². The molecule has 1 aliphatic rings. The zero-order chi connectivity index (χ0) is 21.8. The molecule has 1 amide bonds. The summed E-state index contributed by atoms with van der Waals surface area (Å²) in [6.07, 6.45) is 1.78. The van der Waals surface area contributed by atoms with E-state index in [1.54, 1.807) is 30.2 Å². The number of amidine groups is 1. The molecule has 2 aromatic carbocycles. The summed E-state index contributed by atoms with van der Waals surface area (Å²) in [5, 5.41) is 10.6. The standard InChI is InChI=1S/C22H23BrN2O4S/c1-13(2)12-25-21(27)20(10-14-9-19(29-4)18(26)11-17(14)23)30-22(25)24-15-5-7-16(28-3)8-6-15/h5-11,13,26H,12H2,1-4H3/b20-10-,24-22?. The van der Waals surface area contributed by atoms with Crippen LogP contribution in [0, 0.1) is 5.92 Å². The number of aromatic hydroxyl groups is 1. The highest BCUT2D eigenvalue weighted by Gasteiger charge is 2.34. The van der Waals surface area contributed by atoms with Crippen LogP contribution in [-0.4, -0.2) is 41.8 Å². The number of nitrogens with zero attached hydrogens (tertiary/aromatic N) is 2. The third kappa shape index (κ3) is 4.99. The van der Waals surface area contributed by atoms with E-state index in [0.717, 1.165) is 17.0 Å². The maximum absolute atomic E-state index is 13.1. The summed E-state index contributed by atoms with van der Waals surface area (Å²) in [5.74, 6) is 1.31. The second kappa shape index (κ2) is 9.57. The fraction of sp³-hybridized carbons (Fsp3) is 0.273. The van der Waals surface area contributed by atoms with Crippen LogP contribution in [0.3, 0.4) is 0 Å². The van der Waals surface area contributed by atoms with E-state index in [9.17, 15) is 9.90 Å². The van der Waals surface area contributed by atoms with Crippen LogP contribution in [-0.2, 0) is 4.79 Å². The minimum Gasteiger partial charge on any atom is -0.504 e. The van der Waals surface area contributed by atoms with Gasteiger partial charge >= 0.3 is 0 Å². The Balaban J connectivity index is 1.98. The van der Waals surface area contributed by atoms with Crippen LogP contribution in [0.2, 0.25) is 0 Å². The van der Waals surface area contributed by atoms with Gasteiger partial charge in [0.15, 0.2) is 16.7 Å². The zero-order valence-electron chi connectivity index (χ0n) is 17.2. The van der Waals surface area contributed by atoms with E-state index < -0.39 is 0 Å². The number of benzene rings is 2. The van der Waals surface area contributed by atoms with E-state index in [4.69, 9.17) is 14.5 Å². The maximum Gasteiger partial charge on any atom is 0.266 e. The molecule has 1 N–H and O–H groups in total. The normalized spacial score (nSPS) is 16.7. The number of carbonyl (C=O) groups excluding carboxylic acids is 1. The third-order valence-corrected chi connectivity index (χ3v) is 6.01. The number of aliphatic imine (C=N–C) groups is 1. The van der Waals surface area contributed by atoms with Crippen molar-refractivity contribution < 1.29 is 19.4 Å². The third-order valence-electron chi connectivity index (χ3n) is 4.32. The lowest BCUT2D eigenvalue weighted by Gasteiger charge is -2.17. The first-order chi connectivity index (χ1) is 14.3. The second-order valence-corrected chi connectivity index (χ2v) is 8.92. The summed E-state index contributed by atoms with van der Waals surface area (Å²) in [7, 11) is 3.10. The van der Waals surface area contributed by atoms with Crippen molar-refractivity contribution >= 4 is 50.5 Å². The molecule has 0 spiro atoms. The van der Waals surface area contributed by atoms with Gasteiger partial charge < -0.3 is 14.6 Å². The van der Waals surface area contributed by atoms with E-state index >= 15 is 0 Å². The number of carbonyl (C=O) groups is 1. The number of phenolic OH excluding ortho intramolecular Hbond substituents is 1. The van der Waals surface area contributed by atoms with E-state index in [0.29, 0.717) is 26.8 Å². The number of rotatable bonds is 6. The van der Waals surface area contributed by atoms with Gasteiger partial charge in [0.1, 0.15) is 5.75 Å². The summed E-state index contributed by atoms with van der Waals surface area (Å²) in [4.78, 5) is 20.1. The molecular formula is C22H23BrN2O4S. The summed E-state index contributed by atoms with van der Waals surface area (Å²) in [6, 6.07) is 10.6. The molecule has 0 aliphatic carbocycles. The van der Waals surface area contributed by atoms with Gasteiger partial charge in [-0.25, -0.2) is 4.99 Å². The Bertz CT molecular complexity index is 1000.